The van der Waals surface area contributed by atoms with Crippen molar-refractivity contribution in [3.63, 3.8) is 0 Å². The molecule has 3 aliphatic rings. The zero-order valence-corrected chi connectivity index (χ0v) is 19.1. The highest BCUT2D eigenvalue weighted by Gasteiger charge is 2.58. The SMILES string of the molecule is C/C(=C\c1ccccc1)CC1NC(=O)N([C@H]2CC3(C[C@H](Oc4ncccc4C(N)=O)C3)C2)C1=O. The quantitative estimate of drug-likeness (QED) is 0.616. The van der Waals surface area contributed by atoms with Gasteiger partial charge in [0, 0.05) is 12.2 Å². The van der Waals surface area contributed by atoms with Crippen LogP contribution in [0.4, 0.5) is 4.79 Å². The second-order valence-electron chi connectivity index (χ2n) is 9.75. The summed E-state index contributed by atoms with van der Waals surface area (Å²) in [4.78, 5) is 42.7. The van der Waals surface area contributed by atoms with Crippen LogP contribution in [0.15, 0.2) is 54.2 Å². The van der Waals surface area contributed by atoms with Gasteiger partial charge in [0.2, 0.25) is 5.88 Å². The van der Waals surface area contributed by atoms with Crippen LogP contribution in [0.5, 0.6) is 5.88 Å². The molecule has 176 valence electrons. The molecule has 1 unspecified atom stereocenters. The summed E-state index contributed by atoms with van der Waals surface area (Å²) in [5.74, 6) is -0.443. The second-order valence-corrected chi connectivity index (χ2v) is 9.75. The van der Waals surface area contributed by atoms with Crippen LogP contribution < -0.4 is 15.8 Å². The van der Waals surface area contributed by atoms with Crippen molar-refractivity contribution in [2.45, 2.75) is 57.2 Å². The molecule has 1 saturated heterocycles. The van der Waals surface area contributed by atoms with Crippen molar-refractivity contribution in [3.05, 3.63) is 65.4 Å². The Morgan fingerprint density at radius 3 is 2.62 bits per heavy atom. The molecular formula is C26H28N4O4. The predicted molar refractivity (Wildman–Crippen MR) is 126 cm³/mol. The minimum absolute atomic E-state index is 0.0458. The van der Waals surface area contributed by atoms with Crippen molar-refractivity contribution in [2.75, 3.05) is 0 Å². The van der Waals surface area contributed by atoms with Crippen LogP contribution in [0.25, 0.3) is 6.08 Å². The number of aromatic nitrogens is 1. The number of rotatable bonds is 7. The van der Waals surface area contributed by atoms with Gasteiger partial charge >= 0.3 is 6.03 Å². The number of carbonyl (C=O) groups excluding carboxylic acids is 3. The lowest BCUT2D eigenvalue weighted by molar-refractivity contribution is -0.140. The van der Waals surface area contributed by atoms with Crippen LogP contribution >= 0.6 is 0 Å². The Kier molecular flexibility index (Phi) is 5.59. The van der Waals surface area contributed by atoms with Crippen LogP contribution in [-0.4, -0.2) is 45.9 Å². The molecule has 8 heteroatoms. The highest BCUT2D eigenvalue weighted by Crippen LogP contribution is 2.58. The average molecular weight is 461 g/mol. The molecule has 2 aromatic rings. The van der Waals surface area contributed by atoms with E-state index in [1.165, 1.54) is 4.90 Å². The fourth-order valence-electron chi connectivity index (χ4n) is 5.52. The summed E-state index contributed by atoms with van der Waals surface area (Å²) in [6, 6.07) is 12.3. The van der Waals surface area contributed by atoms with E-state index in [1.54, 1.807) is 18.3 Å². The molecule has 2 aliphatic carbocycles. The Hall–Kier alpha value is -3.68. The third-order valence-corrected chi connectivity index (χ3v) is 7.13. The van der Waals surface area contributed by atoms with Crippen molar-refractivity contribution in [1.29, 1.82) is 0 Å². The lowest BCUT2D eigenvalue weighted by atomic mass is 9.52. The van der Waals surface area contributed by atoms with Gasteiger partial charge in [0.15, 0.2) is 0 Å². The van der Waals surface area contributed by atoms with Gasteiger partial charge in [0.05, 0.1) is 0 Å². The maximum Gasteiger partial charge on any atom is 0.325 e. The Bertz CT molecular complexity index is 1150. The van der Waals surface area contributed by atoms with Gasteiger partial charge < -0.3 is 15.8 Å². The molecule has 5 rings (SSSR count). The maximum atomic E-state index is 13.0. The largest absolute Gasteiger partial charge is 0.474 e. The summed E-state index contributed by atoms with van der Waals surface area (Å²) in [5.41, 5.74) is 7.87. The Morgan fingerprint density at radius 2 is 1.91 bits per heavy atom. The van der Waals surface area contributed by atoms with Gasteiger partial charge in [-0.05, 0) is 62.1 Å². The number of nitrogens with two attached hydrogens (primary N) is 1. The molecule has 1 aromatic carbocycles. The Morgan fingerprint density at radius 1 is 1.18 bits per heavy atom. The van der Waals surface area contributed by atoms with E-state index in [-0.39, 0.29) is 40.9 Å². The van der Waals surface area contributed by atoms with Crippen LogP contribution in [0.1, 0.15) is 54.9 Å². The number of hydrogen-bond donors (Lipinski definition) is 2. The van der Waals surface area contributed by atoms with Gasteiger partial charge in [-0.3, -0.25) is 14.5 Å². The first-order valence-electron chi connectivity index (χ1n) is 11.6. The molecule has 8 nitrogen and oxygen atoms in total. The predicted octanol–water partition coefficient (Wildman–Crippen LogP) is 3.28. The molecule has 1 aliphatic heterocycles. The molecule has 2 heterocycles. The number of nitrogens with one attached hydrogen (secondary N) is 1. The number of carbonyl (C=O) groups is 3. The molecule has 3 fully saturated rings. The van der Waals surface area contributed by atoms with Crippen molar-refractivity contribution in [1.82, 2.24) is 15.2 Å². The van der Waals surface area contributed by atoms with Gasteiger partial charge in [0.25, 0.3) is 11.8 Å². The van der Waals surface area contributed by atoms with Crippen LogP contribution in [-0.2, 0) is 4.79 Å². The van der Waals surface area contributed by atoms with Crippen molar-refractivity contribution in [3.8, 4) is 5.88 Å². The Balaban J connectivity index is 1.14. The normalized spacial score (nSPS) is 28.3. The zero-order chi connectivity index (χ0) is 23.9. The van der Waals surface area contributed by atoms with Crippen LogP contribution in [0.3, 0.4) is 0 Å². The lowest BCUT2D eigenvalue weighted by Gasteiger charge is -2.58. The number of hydrogen-bond acceptors (Lipinski definition) is 5. The van der Waals surface area contributed by atoms with Crippen molar-refractivity contribution in [2.24, 2.45) is 11.1 Å². The van der Waals surface area contributed by atoms with Gasteiger partial charge in [-0.1, -0.05) is 42.0 Å². The fourth-order valence-corrected chi connectivity index (χ4v) is 5.52. The summed E-state index contributed by atoms with van der Waals surface area (Å²) < 4.78 is 5.91. The minimum Gasteiger partial charge on any atom is -0.474 e. The molecule has 3 N–H and O–H groups in total. The van der Waals surface area contributed by atoms with E-state index in [0.29, 0.717) is 6.42 Å². The topological polar surface area (TPSA) is 115 Å². The number of nitrogens with zero attached hydrogens (tertiary/aromatic N) is 2. The molecule has 1 aromatic heterocycles. The van der Waals surface area contributed by atoms with E-state index in [1.807, 2.05) is 43.3 Å². The number of benzene rings is 1. The number of ether oxygens (including phenoxy) is 1. The first kappa shape index (κ1) is 22.1. The molecular weight excluding hydrogens is 432 g/mol. The standard InChI is InChI=1S/C26H28N4O4/c1-16(10-17-6-3-2-4-7-17)11-21-24(32)30(25(33)29-21)18-12-26(13-18)14-19(15-26)34-23-20(22(27)31)8-5-9-28-23/h2-10,18-19,21H,11-15H2,1H3,(H2,27,31)(H,29,33)/b16-10+/t18-,19-,21?,26?. The summed E-state index contributed by atoms with van der Waals surface area (Å²) in [6.45, 7) is 1.98. The van der Waals surface area contributed by atoms with Gasteiger partial charge in [0.1, 0.15) is 17.7 Å². The van der Waals surface area contributed by atoms with Gasteiger partial charge in [-0.15, -0.1) is 0 Å². The molecule has 4 amide bonds. The molecule has 1 atom stereocenters. The zero-order valence-electron chi connectivity index (χ0n) is 19.1. The van der Waals surface area contributed by atoms with Crippen molar-refractivity contribution >= 4 is 23.9 Å². The number of primary amides is 1. The first-order valence-corrected chi connectivity index (χ1v) is 11.6. The van der Waals surface area contributed by atoms with E-state index < -0.39 is 11.9 Å². The van der Waals surface area contributed by atoms with Crippen molar-refractivity contribution < 1.29 is 19.1 Å². The monoisotopic (exact) mass is 460 g/mol. The summed E-state index contributed by atoms with van der Waals surface area (Å²) >= 11 is 0. The number of amides is 4. The van der Waals surface area contributed by atoms with E-state index in [9.17, 15) is 14.4 Å². The smallest absolute Gasteiger partial charge is 0.325 e. The molecule has 0 bridgehead atoms. The van der Waals surface area contributed by atoms with Gasteiger partial charge in [-0.25, -0.2) is 9.78 Å². The minimum atomic E-state index is -0.567. The maximum absolute atomic E-state index is 13.0. The Labute approximate surface area is 198 Å². The summed E-state index contributed by atoms with van der Waals surface area (Å²) in [7, 11) is 0. The number of pyridine rings is 1. The molecule has 34 heavy (non-hydrogen) atoms. The third kappa shape index (κ3) is 4.16. The number of imide groups is 1. The van der Waals surface area contributed by atoms with E-state index in [2.05, 4.69) is 10.3 Å². The highest BCUT2D eigenvalue weighted by molar-refractivity contribution is 6.04. The van der Waals surface area contributed by atoms with E-state index in [4.69, 9.17) is 10.5 Å². The van der Waals surface area contributed by atoms with E-state index in [0.717, 1.165) is 36.8 Å². The third-order valence-electron chi connectivity index (χ3n) is 7.13. The highest BCUT2D eigenvalue weighted by atomic mass is 16.5. The number of urea groups is 1. The van der Waals surface area contributed by atoms with Gasteiger partial charge in [-0.2, -0.15) is 0 Å². The fraction of sp³-hybridized carbons (Fsp3) is 0.385. The molecule has 0 radical (unpaired) electrons. The summed E-state index contributed by atoms with van der Waals surface area (Å²) in [6.07, 6.45) is 7.24. The summed E-state index contributed by atoms with van der Waals surface area (Å²) in [5, 5.41) is 2.86. The van der Waals surface area contributed by atoms with Crippen LogP contribution in [0.2, 0.25) is 0 Å². The van der Waals surface area contributed by atoms with Crippen LogP contribution in [0, 0.1) is 5.41 Å². The molecule has 1 spiro atoms. The average Bonchev–Trinajstić information content (AvgIpc) is 3.02. The second kappa shape index (κ2) is 8.59. The van der Waals surface area contributed by atoms with E-state index >= 15 is 0 Å². The lowest BCUT2D eigenvalue weighted by Crippen LogP contribution is -2.60. The first-order chi connectivity index (χ1) is 16.3. The molecule has 2 saturated carbocycles.